The zero-order valence-corrected chi connectivity index (χ0v) is 9.33. The summed E-state index contributed by atoms with van der Waals surface area (Å²) in [5.41, 5.74) is 0.928. The van der Waals surface area contributed by atoms with Crippen LogP contribution in [-0.2, 0) is 4.74 Å². The summed E-state index contributed by atoms with van der Waals surface area (Å²) in [7, 11) is 3.68. The van der Waals surface area contributed by atoms with Crippen LogP contribution in [0, 0.1) is 0 Å². The molecule has 0 saturated heterocycles. The summed E-state index contributed by atoms with van der Waals surface area (Å²) in [5.74, 6) is 0. The molecule has 0 aromatic carbocycles. The van der Waals surface area contributed by atoms with E-state index in [1.54, 1.807) is 19.6 Å². The Morgan fingerprint density at radius 1 is 1.64 bits per heavy atom. The highest BCUT2D eigenvalue weighted by atomic mass is 16.5. The van der Waals surface area contributed by atoms with Crippen LogP contribution >= 0.6 is 0 Å². The molecule has 1 N–H and O–H groups in total. The number of hydrogen-bond donors (Lipinski definition) is 1. The van der Waals surface area contributed by atoms with Gasteiger partial charge in [0.1, 0.15) is 0 Å². The topological polar surface area (TPSA) is 34.4 Å². The molecule has 0 saturated carbocycles. The van der Waals surface area contributed by atoms with Crippen LogP contribution in [0.15, 0.2) is 23.0 Å². The number of likely N-dealkylation sites (N-methyl/N-ethyl adjacent to an activating group) is 1. The molecule has 2 unspecified atom stereocenters. The van der Waals surface area contributed by atoms with Crippen molar-refractivity contribution in [2.75, 3.05) is 14.2 Å². The molecule has 1 aromatic rings. The Morgan fingerprint density at radius 3 is 2.71 bits per heavy atom. The van der Waals surface area contributed by atoms with E-state index >= 15 is 0 Å². The minimum Gasteiger partial charge on any atom is -0.472 e. The normalized spacial score (nSPS) is 17.7. The zero-order valence-electron chi connectivity index (χ0n) is 9.33. The van der Waals surface area contributed by atoms with Crippen molar-refractivity contribution < 1.29 is 9.15 Å². The van der Waals surface area contributed by atoms with Gasteiger partial charge in [-0.25, -0.2) is 0 Å². The minimum atomic E-state index is -0.196. The Kier molecular flexibility index (Phi) is 3.72. The lowest BCUT2D eigenvalue weighted by Gasteiger charge is -2.35. The summed E-state index contributed by atoms with van der Waals surface area (Å²) < 4.78 is 10.6. The highest BCUT2D eigenvalue weighted by molar-refractivity contribution is 5.16. The van der Waals surface area contributed by atoms with Gasteiger partial charge in [-0.3, -0.25) is 0 Å². The van der Waals surface area contributed by atoms with Crippen molar-refractivity contribution in [3.05, 3.63) is 24.2 Å². The van der Waals surface area contributed by atoms with E-state index in [-0.39, 0.29) is 11.6 Å². The maximum atomic E-state index is 5.56. The average Bonchev–Trinajstić information content (AvgIpc) is 2.72. The first kappa shape index (κ1) is 11.3. The number of ether oxygens (including phenoxy) is 1. The molecule has 0 aliphatic heterocycles. The number of hydrogen-bond acceptors (Lipinski definition) is 3. The lowest BCUT2D eigenvalue weighted by molar-refractivity contribution is -0.0281. The molecule has 3 heteroatoms. The van der Waals surface area contributed by atoms with E-state index in [1.807, 2.05) is 13.1 Å². The van der Waals surface area contributed by atoms with E-state index in [0.717, 1.165) is 12.0 Å². The quantitative estimate of drug-likeness (QED) is 0.786. The molecule has 2 atom stereocenters. The summed E-state index contributed by atoms with van der Waals surface area (Å²) in [6.45, 7) is 4.22. The fraction of sp³-hybridized carbons (Fsp3) is 0.636. The van der Waals surface area contributed by atoms with Crippen molar-refractivity contribution in [3.8, 4) is 0 Å². The summed E-state index contributed by atoms with van der Waals surface area (Å²) in [6, 6.07) is 2.13. The van der Waals surface area contributed by atoms with Gasteiger partial charge in [-0.15, -0.1) is 0 Å². The first-order chi connectivity index (χ1) is 6.68. The second-order valence-corrected chi connectivity index (χ2v) is 3.65. The molecule has 0 amide bonds. The largest absolute Gasteiger partial charge is 0.472 e. The Labute approximate surface area is 85.4 Å². The van der Waals surface area contributed by atoms with Crippen molar-refractivity contribution >= 4 is 0 Å². The molecule has 14 heavy (non-hydrogen) atoms. The Balaban J connectivity index is 2.91. The molecule has 0 radical (unpaired) electrons. The van der Waals surface area contributed by atoms with Crippen LogP contribution < -0.4 is 5.32 Å². The lowest BCUT2D eigenvalue weighted by atomic mass is 9.89. The van der Waals surface area contributed by atoms with E-state index in [0.29, 0.717) is 0 Å². The van der Waals surface area contributed by atoms with E-state index in [4.69, 9.17) is 9.15 Å². The molecule has 80 valence electrons. The van der Waals surface area contributed by atoms with Crippen LogP contribution in [0.1, 0.15) is 31.9 Å². The monoisotopic (exact) mass is 197 g/mol. The van der Waals surface area contributed by atoms with Crippen LogP contribution in [0.5, 0.6) is 0 Å². The van der Waals surface area contributed by atoms with Gasteiger partial charge in [0, 0.05) is 12.7 Å². The molecule has 0 aliphatic carbocycles. The van der Waals surface area contributed by atoms with E-state index in [9.17, 15) is 0 Å². The van der Waals surface area contributed by atoms with Crippen molar-refractivity contribution in [2.24, 2.45) is 0 Å². The zero-order chi connectivity index (χ0) is 10.6. The second kappa shape index (κ2) is 4.62. The third kappa shape index (κ3) is 1.99. The van der Waals surface area contributed by atoms with Crippen molar-refractivity contribution in [1.29, 1.82) is 0 Å². The molecular weight excluding hydrogens is 178 g/mol. The van der Waals surface area contributed by atoms with Gasteiger partial charge in [-0.05, 0) is 26.5 Å². The van der Waals surface area contributed by atoms with Gasteiger partial charge >= 0.3 is 0 Å². The molecule has 1 heterocycles. The number of methoxy groups -OCH3 is 1. The maximum Gasteiger partial charge on any atom is 0.0951 e. The standard InChI is InChI=1S/C11H19NO2/c1-5-11(2,13-4)10(12-3)9-6-7-14-8-9/h6-8,10,12H,5H2,1-4H3. The summed E-state index contributed by atoms with van der Waals surface area (Å²) in [6.07, 6.45) is 4.39. The molecule has 0 fully saturated rings. The van der Waals surface area contributed by atoms with Crippen LogP contribution in [0.25, 0.3) is 0 Å². The van der Waals surface area contributed by atoms with Gasteiger partial charge in [0.05, 0.1) is 24.2 Å². The van der Waals surface area contributed by atoms with E-state index in [2.05, 4.69) is 19.2 Å². The molecule has 0 bridgehead atoms. The summed E-state index contributed by atoms with van der Waals surface area (Å²) >= 11 is 0. The van der Waals surface area contributed by atoms with Crippen LogP contribution in [-0.4, -0.2) is 19.8 Å². The molecular formula is C11H19NO2. The number of furan rings is 1. The lowest BCUT2D eigenvalue weighted by Crippen LogP contribution is -2.41. The molecule has 0 aliphatic rings. The van der Waals surface area contributed by atoms with Crippen molar-refractivity contribution in [1.82, 2.24) is 5.32 Å². The van der Waals surface area contributed by atoms with Gasteiger partial charge in [-0.2, -0.15) is 0 Å². The van der Waals surface area contributed by atoms with Crippen LogP contribution in [0.2, 0.25) is 0 Å². The molecule has 3 nitrogen and oxygen atoms in total. The first-order valence-electron chi connectivity index (χ1n) is 4.92. The van der Waals surface area contributed by atoms with Gasteiger partial charge < -0.3 is 14.5 Å². The summed E-state index contributed by atoms with van der Waals surface area (Å²) in [4.78, 5) is 0. The third-order valence-corrected chi connectivity index (χ3v) is 2.94. The molecule has 0 spiro atoms. The predicted octanol–water partition coefficient (Wildman–Crippen LogP) is 2.36. The smallest absolute Gasteiger partial charge is 0.0951 e. The van der Waals surface area contributed by atoms with Gasteiger partial charge in [-0.1, -0.05) is 6.92 Å². The average molecular weight is 197 g/mol. The fourth-order valence-electron chi connectivity index (χ4n) is 1.73. The number of nitrogens with one attached hydrogen (secondary N) is 1. The summed E-state index contributed by atoms with van der Waals surface area (Å²) in [5, 5.41) is 3.26. The SMILES string of the molecule is CCC(C)(OC)C(NC)c1ccoc1. The highest BCUT2D eigenvalue weighted by Gasteiger charge is 2.33. The Bertz CT molecular complexity index is 252. The molecule has 1 aromatic heterocycles. The Morgan fingerprint density at radius 2 is 2.36 bits per heavy atom. The minimum absolute atomic E-state index is 0.163. The van der Waals surface area contributed by atoms with E-state index in [1.165, 1.54) is 0 Å². The highest BCUT2D eigenvalue weighted by Crippen LogP contribution is 2.31. The Hall–Kier alpha value is -0.800. The van der Waals surface area contributed by atoms with Gasteiger partial charge in [0.15, 0.2) is 0 Å². The predicted molar refractivity (Wildman–Crippen MR) is 56.2 cm³/mol. The van der Waals surface area contributed by atoms with Crippen molar-refractivity contribution in [2.45, 2.75) is 31.9 Å². The fourth-order valence-corrected chi connectivity index (χ4v) is 1.73. The maximum absolute atomic E-state index is 5.56. The second-order valence-electron chi connectivity index (χ2n) is 3.65. The van der Waals surface area contributed by atoms with Gasteiger partial charge in [0.2, 0.25) is 0 Å². The molecule has 1 rings (SSSR count). The third-order valence-electron chi connectivity index (χ3n) is 2.94. The van der Waals surface area contributed by atoms with Gasteiger partial charge in [0.25, 0.3) is 0 Å². The number of rotatable bonds is 5. The van der Waals surface area contributed by atoms with Crippen LogP contribution in [0.3, 0.4) is 0 Å². The van der Waals surface area contributed by atoms with Crippen LogP contribution in [0.4, 0.5) is 0 Å². The first-order valence-corrected chi connectivity index (χ1v) is 4.92. The van der Waals surface area contributed by atoms with E-state index < -0.39 is 0 Å². The van der Waals surface area contributed by atoms with Crippen molar-refractivity contribution in [3.63, 3.8) is 0 Å².